The Balaban J connectivity index is 1.40. The highest BCUT2D eigenvalue weighted by Gasteiger charge is 2.21. The Kier molecular flexibility index (Phi) is 4.58. The number of rotatable bonds is 3. The summed E-state index contributed by atoms with van der Waals surface area (Å²) >= 11 is 0. The molecule has 6 aromatic heterocycles. The minimum absolute atomic E-state index is 0.776. The molecule has 0 atom stereocenters. The zero-order valence-corrected chi connectivity index (χ0v) is 23.0. The average Bonchev–Trinajstić information content (AvgIpc) is 3.76. The summed E-state index contributed by atoms with van der Waals surface area (Å²) in [7, 11) is 2.03. The maximum atomic E-state index is 5.22. The van der Waals surface area contributed by atoms with Gasteiger partial charge in [-0.1, -0.05) is 42.5 Å². The lowest BCUT2D eigenvalue weighted by atomic mass is 10.1. The van der Waals surface area contributed by atoms with Crippen LogP contribution >= 0.6 is 0 Å². The molecule has 0 radical (unpaired) electrons. The van der Waals surface area contributed by atoms with Crippen molar-refractivity contribution in [2.75, 3.05) is 0 Å². The molecule has 0 aliphatic rings. The molecule has 0 bridgehead atoms. The van der Waals surface area contributed by atoms with E-state index < -0.39 is 0 Å². The van der Waals surface area contributed by atoms with E-state index in [-0.39, 0.29) is 0 Å². The fourth-order valence-electron chi connectivity index (χ4n) is 6.41. The largest absolute Gasteiger partial charge is 0.320 e. The number of fused-ring (bicyclic) bond motifs is 7. The van der Waals surface area contributed by atoms with Crippen LogP contribution in [0.2, 0.25) is 0 Å². The van der Waals surface area contributed by atoms with Gasteiger partial charge in [-0.05, 0) is 55.5 Å². The van der Waals surface area contributed by atoms with E-state index in [0.29, 0.717) is 0 Å². The van der Waals surface area contributed by atoms with E-state index in [1.165, 1.54) is 21.5 Å². The molecule has 8 heteroatoms. The van der Waals surface area contributed by atoms with Gasteiger partial charge in [0.15, 0.2) is 5.65 Å². The van der Waals surface area contributed by atoms with Gasteiger partial charge < -0.3 is 4.57 Å². The SMILES string of the molecule is Cc1nc2ccc(-n3c4ccccc4c4cc5c6ccccc6n(-c6nccn6C)c5cc43)nc2n1-c1ccccn1. The molecule has 200 valence electrons. The molecular formula is C34H24N8. The number of aromatic nitrogens is 8. The molecule has 0 N–H and O–H groups in total. The third-order valence-corrected chi connectivity index (χ3v) is 8.23. The fraction of sp³-hybridized carbons (Fsp3) is 0.0588. The summed E-state index contributed by atoms with van der Waals surface area (Å²) in [4.78, 5) is 19.3. The van der Waals surface area contributed by atoms with Crippen LogP contribution in [0.25, 0.3) is 72.4 Å². The predicted molar refractivity (Wildman–Crippen MR) is 167 cm³/mol. The average molecular weight is 545 g/mol. The lowest BCUT2D eigenvalue weighted by Crippen LogP contribution is -2.03. The molecule has 0 saturated heterocycles. The van der Waals surface area contributed by atoms with Gasteiger partial charge >= 0.3 is 0 Å². The van der Waals surface area contributed by atoms with E-state index in [4.69, 9.17) is 15.0 Å². The number of aryl methyl sites for hydroxylation is 2. The number of imidazole rings is 2. The Labute approximate surface area is 239 Å². The summed E-state index contributed by atoms with van der Waals surface area (Å²) in [6.45, 7) is 1.99. The van der Waals surface area contributed by atoms with Gasteiger partial charge in [-0.2, -0.15) is 0 Å². The van der Waals surface area contributed by atoms with Crippen LogP contribution in [0, 0.1) is 6.92 Å². The van der Waals surface area contributed by atoms with Crippen molar-refractivity contribution in [3.8, 4) is 17.6 Å². The molecule has 0 aliphatic heterocycles. The van der Waals surface area contributed by atoms with Gasteiger partial charge in [0, 0.05) is 47.2 Å². The first-order chi connectivity index (χ1) is 20.7. The van der Waals surface area contributed by atoms with Crippen molar-refractivity contribution in [3.05, 3.63) is 115 Å². The Morgan fingerprint density at radius 2 is 1.26 bits per heavy atom. The molecular weight excluding hydrogens is 520 g/mol. The third kappa shape index (κ3) is 3.06. The van der Waals surface area contributed by atoms with Crippen molar-refractivity contribution in [2.45, 2.75) is 6.92 Å². The van der Waals surface area contributed by atoms with Crippen LogP contribution < -0.4 is 0 Å². The van der Waals surface area contributed by atoms with Crippen molar-refractivity contribution in [3.63, 3.8) is 0 Å². The van der Waals surface area contributed by atoms with Crippen LogP contribution in [0.3, 0.4) is 0 Å². The monoisotopic (exact) mass is 544 g/mol. The fourth-order valence-corrected chi connectivity index (χ4v) is 6.41. The first-order valence-electron chi connectivity index (χ1n) is 13.9. The van der Waals surface area contributed by atoms with Gasteiger partial charge in [0.1, 0.15) is 23.0 Å². The number of hydrogen-bond acceptors (Lipinski definition) is 4. The van der Waals surface area contributed by atoms with E-state index in [2.05, 4.69) is 85.4 Å². The second kappa shape index (κ2) is 8.37. The van der Waals surface area contributed by atoms with Gasteiger partial charge in [-0.3, -0.25) is 13.7 Å². The summed E-state index contributed by atoms with van der Waals surface area (Å²) in [5.41, 5.74) is 6.00. The van der Waals surface area contributed by atoms with Crippen molar-refractivity contribution in [2.24, 2.45) is 7.05 Å². The van der Waals surface area contributed by atoms with Crippen molar-refractivity contribution in [1.82, 2.24) is 38.2 Å². The van der Waals surface area contributed by atoms with E-state index >= 15 is 0 Å². The number of benzene rings is 3. The molecule has 42 heavy (non-hydrogen) atoms. The van der Waals surface area contributed by atoms with Crippen LogP contribution in [0.15, 0.2) is 110 Å². The lowest BCUT2D eigenvalue weighted by Gasteiger charge is -2.10. The van der Waals surface area contributed by atoms with Crippen LogP contribution in [0.4, 0.5) is 0 Å². The molecule has 6 heterocycles. The van der Waals surface area contributed by atoms with Gasteiger partial charge in [0.25, 0.3) is 0 Å². The molecule has 0 spiro atoms. The highest BCUT2D eigenvalue weighted by Crippen LogP contribution is 2.39. The number of nitrogens with zero attached hydrogens (tertiary/aromatic N) is 8. The highest BCUT2D eigenvalue weighted by atomic mass is 15.2. The van der Waals surface area contributed by atoms with Gasteiger partial charge in [-0.15, -0.1) is 0 Å². The van der Waals surface area contributed by atoms with Gasteiger partial charge in [0.2, 0.25) is 5.95 Å². The smallest absolute Gasteiger partial charge is 0.214 e. The summed E-state index contributed by atoms with van der Waals surface area (Å²) in [6.07, 6.45) is 5.62. The minimum atomic E-state index is 0.776. The van der Waals surface area contributed by atoms with Gasteiger partial charge in [-0.25, -0.2) is 19.9 Å². The number of para-hydroxylation sites is 2. The second-order valence-electron chi connectivity index (χ2n) is 10.6. The molecule has 0 saturated carbocycles. The van der Waals surface area contributed by atoms with Crippen LogP contribution in [-0.2, 0) is 7.05 Å². The Morgan fingerprint density at radius 1 is 0.548 bits per heavy atom. The molecule has 8 nitrogen and oxygen atoms in total. The lowest BCUT2D eigenvalue weighted by molar-refractivity contribution is 0.847. The zero-order valence-electron chi connectivity index (χ0n) is 23.0. The van der Waals surface area contributed by atoms with Crippen LogP contribution in [0.5, 0.6) is 0 Å². The predicted octanol–water partition coefficient (Wildman–Crippen LogP) is 7.05. The maximum Gasteiger partial charge on any atom is 0.214 e. The Hall–Kier alpha value is -5.76. The first kappa shape index (κ1) is 23.0. The molecule has 9 aromatic rings. The molecule has 0 unspecified atom stereocenters. The van der Waals surface area contributed by atoms with Crippen molar-refractivity contribution < 1.29 is 0 Å². The standard InChI is InChI=1S/C34H24N8/c1-21-37-26-14-15-32(38-33(26)40(21)31-13-7-8-16-35-31)41-27-11-5-3-9-22(27)24-19-25-23-10-4-6-12-28(23)42(30(25)20-29(24)41)34-36-17-18-39(34)2/h3-20H,1-2H3. The van der Waals surface area contributed by atoms with Crippen LogP contribution in [-0.4, -0.2) is 38.2 Å². The molecule has 0 aliphatic carbocycles. The molecule has 0 fully saturated rings. The topological polar surface area (TPSA) is 71.3 Å². The van der Waals surface area contributed by atoms with Crippen molar-refractivity contribution >= 4 is 54.8 Å². The normalized spacial score (nSPS) is 12.0. The first-order valence-corrected chi connectivity index (χ1v) is 13.9. The number of pyridine rings is 2. The van der Waals surface area contributed by atoms with E-state index in [9.17, 15) is 0 Å². The number of hydrogen-bond donors (Lipinski definition) is 0. The highest BCUT2D eigenvalue weighted by molar-refractivity contribution is 6.19. The summed E-state index contributed by atoms with van der Waals surface area (Å²) in [5.74, 6) is 3.34. The molecule has 9 rings (SSSR count). The van der Waals surface area contributed by atoms with Crippen LogP contribution in [0.1, 0.15) is 5.82 Å². The van der Waals surface area contributed by atoms with E-state index in [1.54, 1.807) is 6.20 Å². The summed E-state index contributed by atoms with van der Waals surface area (Å²) in [5, 5.41) is 4.75. The molecule has 3 aromatic carbocycles. The molecule has 0 amide bonds. The Morgan fingerprint density at radius 3 is 1.98 bits per heavy atom. The van der Waals surface area contributed by atoms with Gasteiger partial charge in [0.05, 0.1) is 22.1 Å². The van der Waals surface area contributed by atoms with E-state index in [0.717, 1.165) is 56.6 Å². The minimum Gasteiger partial charge on any atom is -0.320 e. The quantitative estimate of drug-likeness (QED) is 0.239. The summed E-state index contributed by atoms with van der Waals surface area (Å²) in [6, 6.07) is 31.7. The Bertz CT molecular complexity index is 2490. The summed E-state index contributed by atoms with van der Waals surface area (Å²) < 4.78 is 8.59. The van der Waals surface area contributed by atoms with Crippen molar-refractivity contribution in [1.29, 1.82) is 0 Å². The third-order valence-electron chi connectivity index (χ3n) is 8.23. The van der Waals surface area contributed by atoms with E-state index in [1.807, 2.05) is 55.2 Å². The zero-order chi connectivity index (χ0) is 27.9. The second-order valence-corrected chi connectivity index (χ2v) is 10.6. The maximum absolute atomic E-state index is 5.22.